The molecule has 0 spiro atoms. The van der Waals surface area contributed by atoms with E-state index in [1.807, 2.05) is 24.3 Å². The van der Waals surface area contributed by atoms with Gasteiger partial charge in [-0.25, -0.2) is 0 Å². The third-order valence-corrected chi connectivity index (χ3v) is 3.14. The molecule has 6 heteroatoms. The number of carbonyl (C=O) groups excluding carboxylic acids is 1. The van der Waals surface area contributed by atoms with Gasteiger partial charge < -0.3 is 15.1 Å². The molecular weight excluding hydrogens is 256 g/mol. The smallest absolute Gasteiger partial charge is 0.247 e. The Bertz CT molecular complexity index is 561. The van der Waals surface area contributed by atoms with Crippen molar-refractivity contribution in [3.8, 4) is 11.5 Å². The maximum Gasteiger partial charge on any atom is 0.247 e. The van der Waals surface area contributed by atoms with Crippen LogP contribution in [0.5, 0.6) is 0 Å². The normalized spacial score (nSPS) is 14.2. The standard InChI is InChI=1S/C14H16N4O2/c19-13(7-8-15-11-5-6-11)17-12-3-1-10(2-4-12)14-18-16-9-20-14/h1-4,9,11,15H,5-8H2,(H,17,19). The molecule has 1 aliphatic carbocycles. The molecule has 3 rings (SSSR count). The summed E-state index contributed by atoms with van der Waals surface area (Å²) in [6.07, 6.45) is 4.25. The number of nitrogens with zero attached hydrogens (tertiary/aromatic N) is 2. The van der Waals surface area contributed by atoms with Gasteiger partial charge in [0.2, 0.25) is 18.2 Å². The highest BCUT2D eigenvalue weighted by Crippen LogP contribution is 2.19. The molecule has 1 amide bonds. The van der Waals surface area contributed by atoms with Gasteiger partial charge in [-0.3, -0.25) is 4.79 Å². The highest BCUT2D eigenvalue weighted by Gasteiger charge is 2.20. The molecule has 20 heavy (non-hydrogen) atoms. The average molecular weight is 272 g/mol. The largest absolute Gasteiger partial charge is 0.423 e. The molecule has 0 unspecified atom stereocenters. The summed E-state index contributed by atoms with van der Waals surface area (Å²) < 4.78 is 5.10. The predicted octanol–water partition coefficient (Wildman–Crippen LogP) is 1.82. The van der Waals surface area contributed by atoms with Gasteiger partial charge in [0, 0.05) is 30.3 Å². The molecule has 0 bridgehead atoms. The van der Waals surface area contributed by atoms with Crippen LogP contribution in [0.2, 0.25) is 0 Å². The molecule has 2 N–H and O–H groups in total. The molecule has 1 aromatic heterocycles. The average Bonchev–Trinajstić information content (AvgIpc) is 3.11. The highest BCUT2D eigenvalue weighted by molar-refractivity contribution is 5.91. The van der Waals surface area contributed by atoms with Crippen LogP contribution in [-0.4, -0.2) is 28.7 Å². The van der Waals surface area contributed by atoms with Crippen molar-refractivity contribution < 1.29 is 9.21 Å². The van der Waals surface area contributed by atoms with Crippen LogP contribution in [0.15, 0.2) is 35.1 Å². The van der Waals surface area contributed by atoms with Crippen LogP contribution in [-0.2, 0) is 4.79 Å². The lowest BCUT2D eigenvalue weighted by atomic mass is 10.2. The molecule has 2 aromatic rings. The van der Waals surface area contributed by atoms with E-state index in [2.05, 4.69) is 20.8 Å². The van der Waals surface area contributed by atoms with Crippen molar-refractivity contribution >= 4 is 11.6 Å². The summed E-state index contributed by atoms with van der Waals surface area (Å²) in [5.74, 6) is 0.486. The number of carbonyl (C=O) groups is 1. The maximum absolute atomic E-state index is 11.7. The first-order valence-corrected chi connectivity index (χ1v) is 6.71. The third-order valence-electron chi connectivity index (χ3n) is 3.14. The highest BCUT2D eigenvalue weighted by atomic mass is 16.4. The topological polar surface area (TPSA) is 80.0 Å². The second kappa shape index (κ2) is 5.83. The zero-order valence-electron chi connectivity index (χ0n) is 11.0. The molecule has 0 saturated heterocycles. The number of hydrogen-bond donors (Lipinski definition) is 2. The Labute approximate surface area is 116 Å². The lowest BCUT2D eigenvalue weighted by molar-refractivity contribution is -0.116. The van der Waals surface area contributed by atoms with Crippen LogP contribution in [0.1, 0.15) is 19.3 Å². The Morgan fingerprint density at radius 1 is 1.30 bits per heavy atom. The Kier molecular flexibility index (Phi) is 3.73. The van der Waals surface area contributed by atoms with Crippen molar-refractivity contribution in [2.24, 2.45) is 0 Å². The molecule has 1 saturated carbocycles. The van der Waals surface area contributed by atoms with Crippen LogP contribution >= 0.6 is 0 Å². The Morgan fingerprint density at radius 2 is 2.10 bits per heavy atom. The molecule has 1 aromatic carbocycles. The first-order chi connectivity index (χ1) is 9.81. The van der Waals surface area contributed by atoms with Gasteiger partial charge in [0.1, 0.15) is 0 Å². The molecule has 0 radical (unpaired) electrons. The van der Waals surface area contributed by atoms with E-state index in [1.54, 1.807) is 0 Å². The van der Waals surface area contributed by atoms with Crippen molar-refractivity contribution in [2.75, 3.05) is 11.9 Å². The van der Waals surface area contributed by atoms with E-state index in [4.69, 9.17) is 4.42 Å². The van der Waals surface area contributed by atoms with Gasteiger partial charge in [0.05, 0.1) is 0 Å². The van der Waals surface area contributed by atoms with Crippen LogP contribution in [0.4, 0.5) is 5.69 Å². The molecule has 1 aliphatic rings. The fourth-order valence-corrected chi connectivity index (χ4v) is 1.90. The fraction of sp³-hybridized carbons (Fsp3) is 0.357. The quantitative estimate of drug-likeness (QED) is 0.838. The number of aromatic nitrogens is 2. The summed E-state index contributed by atoms with van der Waals surface area (Å²) in [6, 6.07) is 7.96. The molecule has 1 heterocycles. The van der Waals surface area contributed by atoms with E-state index >= 15 is 0 Å². The summed E-state index contributed by atoms with van der Waals surface area (Å²) in [4.78, 5) is 11.7. The maximum atomic E-state index is 11.7. The summed E-state index contributed by atoms with van der Waals surface area (Å²) in [7, 11) is 0. The number of rotatable bonds is 6. The Morgan fingerprint density at radius 3 is 2.75 bits per heavy atom. The van der Waals surface area contributed by atoms with Crippen LogP contribution in [0.25, 0.3) is 11.5 Å². The SMILES string of the molecule is O=C(CCNC1CC1)Nc1ccc(-c2nnco2)cc1. The van der Waals surface area contributed by atoms with Crippen LogP contribution in [0, 0.1) is 0 Å². The zero-order chi connectivity index (χ0) is 13.8. The fourth-order valence-electron chi connectivity index (χ4n) is 1.90. The Balaban J connectivity index is 1.50. The molecule has 104 valence electrons. The van der Waals surface area contributed by atoms with Crippen molar-refractivity contribution in [3.63, 3.8) is 0 Å². The zero-order valence-corrected chi connectivity index (χ0v) is 11.0. The molecule has 0 atom stereocenters. The van der Waals surface area contributed by atoms with Crippen molar-refractivity contribution in [1.82, 2.24) is 15.5 Å². The molecular formula is C14H16N4O2. The number of hydrogen-bond acceptors (Lipinski definition) is 5. The summed E-state index contributed by atoms with van der Waals surface area (Å²) in [5.41, 5.74) is 1.60. The number of amides is 1. The van der Waals surface area contributed by atoms with Gasteiger partial charge in [-0.05, 0) is 37.1 Å². The van der Waals surface area contributed by atoms with Crippen molar-refractivity contribution in [1.29, 1.82) is 0 Å². The first kappa shape index (κ1) is 12.8. The van der Waals surface area contributed by atoms with E-state index in [9.17, 15) is 4.79 Å². The molecule has 1 fully saturated rings. The molecule has 0 aliphatic heterocycles. The van der Waals surface area contributed by atoms with E-state index in [-0.39, 0.29) is 5.91 Å². The minimum atomic E-state index is 0.0173. The van der Waals surface area contributed by atoms with Crippen LogP contribution < -0.4 is 10.6 Å². The lowest BCUT2D eigenvalue weighted by Gasteiger charge is -2.06. The monoisotopic (exact) mass is 272 g/mol. The summed E-state index contributed by atoms with van der Waals surface area (Å²) >= 11 is 0. The molecule has 6 nitrogen and oxygen atoms in total. The second-order valence-electron chi connectivity index (χ2n) is 4.85. The van der Waals surface area contributed by atoms with Gasteiger partial charge in [0.25, 0.3) is 0 Å². The predicted molar refractivity (Wildman–Crippen MR) is 74.0 cm³/mol. The number of benzene rings is 1. The van der Waals surface area contributed by atoms with Crippen molar-refractivity contribution in [2.45, 2.75) is 25.3 Å². The van der Waals surface area contributed by atoms with Crippen LogP contribution in [0.3, 0.4) is 0 Å². The van der Waals surface area contributed by atoms with E-state index in [1.165, 1.54) is 19.2 Å². The first-order valence-electron chi connectivity index (χ1n) is 6.71. The third kappa shape index (κ3) is 3.42. The lowest BCUT2D eigenvalue weighted by Crippen LogP contribution is -2.23. The van der Waals surface area contributed by atoms with Gasteiger partial charge >= 0.3 is 0 Å². The van der Waals surface area contributed by atoms with Gasteiger partial charge in [-0.15, -0.1) is 10.2 Å². The van der Waals surface area contributed by atoms with Crippen molar-refractivity contribution in [3.05, 3.63) is 30.7 Å². The number of nitrogens with one attached hydrogen (secondary N) is 2. The minimum Gasteiger partial charge on any atom is -0.423 e. The summed E-state index contributed by atoms with van der Waals surface area (Å²) in [6.45, 7) is 0.733. The minimum absolute atomic E-state index is 0.0173. The Hall–Kier alpha value is -2.21. The number of anilines is 1. The van der Waals surface area contributed by atoms with Gasteiger partial charge in [-0.1, -0.05) is 0 Å². The van der Waals surface area contributed by atoms with E-state index < -0.39 is 0 Å². The van der Waals surface area contributed by atoms with E-state index in [0.29, 0.717) is 18.4 Å². The van der Waals surface area contributed by atoms with Gasteiger partial charge in [-0.2, -0.15) is 0 Å². The van der Waals surface area contributed by atoms with E-state index in [0.717, 1.165) is 17.8 Å². The summed E-state index contributed by atoms with van der Waals surface area (Å²) in [5, 5.41) is 13.6. The second-order valence-corrected chi connectivity index (χ2v) is 4.85. The van der Waals surface area contributed by atoms with Gasteiger partial charge in [0.15, 0.2) is 0 Å².